The van der Waals surface area contributed by atoms with Gasteiger partial charge in [0.25, 0.3) is 5.69 Å². The third-order valence-corrected chi connectivity index (χ3v) is 4.08. The van der Waals surface area contributed by atoms with Crippen molar-refractivity contribution in [3.63, 3.8) is 0 Å². The first kappa shape index (κ1) is 14.3. The normalized spacial score (nSPS) is 10.3. The highest BCUT2D eigenvalue weighted by molar-refractivity contribution is 7.99. The van der Waals surface area contributed by atoms with Crippen LogP contribution < -0.4 is 0 Å². The summed E-state index contributed by atoms with van der Waals surface area (Å²) in [5.74, 6) is 0. The highest BCUT2D eigenvalue weighted by atomic mass is 32.2. The molecule has 0 atom stereocenters. The van der Waals surface area contributed by atoms with E-state index in [1.165, 1.54) is 23.4 Å². The molecule has 5 heteroatoms. The van der Waals surface area contributed by atoms with E-state index >= 15 is 0 Å². The highest BCUT2D eigenvalue weighted by Gasteiger charge is 2.15. The largest absolute Gasteiger partial charge is 0.298 e. The Bertz CT molecular complexity index is 683. The van der Waals surface area contributed by atoms with E-state index in [0.29, 0.717) is 16.7 Å². The standard InChI is InChI=1S/C15H13NO3S/c1-10-3-5-13(7-11(10)2)20-15-6-4-12(9-17)8-14(15)16(18)19/h3-9H,1-2H3. The molecule has 0 aromatic heterocycles. The first-order valence-electron chi connectivity index (χ1n) is 6.00. The maximum atomic E-state index is 11.1. The van der Waals surface area contributed by atoms with Crippen LogP contribution in [0.4, 0.5) is 5.69 Å². The lowest BCUT2D eigenvalue weighted by molar-refractivity contribution is -0.387. The molecule has 0 radical (unpaired) electrons. The number of aldehydes is 1. The molecular formula is C15H13NO3S. The predicted molar refractivity (Wildman–Crippen MR) is 78.5 cm³/mol. The Morgan fingerprint density at radius 1 is 1.10 bits per heavy atom. The van der Waals surface area contributed by atoms with Gasteiger partial charge in [0.05, 0.1) is 9.82 Å². The minimum atomic E-state index is -0.462. The van der Waals surface area contributed by atoms with Crippen molar-refractivity contribution in [1.29, 1.82) is 0 Å². The van der Waals surface area contributed by atoms with Gasteiger partial charge in [0.15, 0.2) is 0 Å². The summed E-state index contributed by atoms with van der Waals surface area (Å²) in [6, 6.07) is 10.4. The van der Waals surface area contributed by atoms with Crippen molar-refractivity contribution < 1.29 is 9.72 Å². The topological polar surface area (TPSA) is 60.2 Å². The fourth-order valence-electron chi connectivity index (χ4n) is 1.74. The Balaban J connectivity index is 2.39. The number of carbonyl (C=O) groups excluding carboxylic acids is 1. The van der Waals surface area contributed by atoms with E-state index in [9.17, 15) is 14.9 Å². The summed E-state index contributed by atoms with van der Waals surface area (Å²) >= 11 is 1.33. The Kier molecular flexibility index (Phi) is 4.20. The summed E-state index contributed by atoms with van der Waals surface area (Å²) in [4.78, 5) is 22.8. The Morgan fingerprint density at radius 3 is 2.45 bits per heavy atom. The number of hydrogen-bond acceptors (Lipinski definition) is 4. The van der Waals surface area contributed by atoms with Gasteiger partial charge in [-0.2, -0.15) is 0 Å². The summed E-state index contributed by atoms with van der Waals surface area (Å²) in [5, 5.41) is 11.1. The third-order valence-electron chi connectivity index (χ3n) is 3.02. The number of nitro benzene ring substituents is 1. The summed E-state index contributed by atoms with van der Waals surface area (Å²) < 4.78 is 0. The molecule has 0 aliphatic rings. The van der Waals surface area contributed by atoms with E-state index < -0.39 is 4.92 Å². The molecule has 20 heavy (non-hydrogen) atoms. The highest BCUT2D eigenvalue weighted by Crippen LogP contribution is 2.35. The molecule has 0 aliphatic carbocycles. The molecule has 102 valence electrons. The van der Waals surface area contributed by atoms with E-state index in [1.54, 1.807) is 12.1 Å². The fraction of sp³-hybridized carbons (Fsp3) is 0.133. The van der Waals surface area contributed by atoms with Crippen LogP contribution in [0.1, 0.15) is 21.5 Å². The van der Waals surface area contributed by atoms with E-state index in [4.69, 9.17) is 0 Å². The van der Waals surface area contributed by atoms with Gasteiger partial charge in [0.2, 0.25) is 0 Å². The SMILES string of the molecule is Cc1ccc(Sc2ccc(C=O)cc2[N+](=O)[O-])cc1C. The molecule has 0 amide bonds. The lowest BCUT2D eigenvalue weighted by Gasteiger charge is -2.06. The number of benzene rings is 2. The van der Waals surface area contributed by atoms with Crippen molar-refractivity contribution in [3.8, 4) is 0 Å². The molecule has 0 fully saturated rings. The molecule has 0 saturated heterocycles. The van der Waals surface area contributed by atoms with Crippen LogP contribution in [0.2, 0.25) is 0 Å². The summed E-state index contributed by atoms with van der Waals surface area (Å²) in [6.07, 6.45) is 0.609. The van der Waals surface area contributed by atoms with Crippen molar-refractivity contribution in [2.45, 2.75) is 23.6 Å². The van der Waals surface area contributed by atoms with Gasteiger partial charge in [-0.3, -0.25) is 14.9 Å². The fourth-order valence-corrected chi connectivity index (χ4v) is 2.74. The molecule has 2 aromatic carbocycles. The van der Waals surface area contributed by atoms with Gasteiger partial charge in [0.1, 0.15) is 6.29 Å². The first-order valence-corrected chi connectivity index (χ1v) is 6.81. The zero-order valence-electron chi connectivity index (χ0n) is 11.1. The van der Waals surface area contributed by atoms with Crippen LogP contribution in [-0.4, -0.2) is 11.2 Å². The first-order chi connectivity index (χ1) is 9.51. The number of hydrogen-bond donors (Lipinski definition) is 0. The second kappa shape index (κ2) is 5.88. The van der Waals surface area contributed by atoms with Crippen molar-refractivity contribution in [2.24, 2.45) is 0 Å². The number of nitro groups is 1. The number of aryl methyl sites for hydroxylation is 2. The van der Waals surface area contributed by atoms with Crippen LogP contribution in [0.3, 0.4) is 0 Å². The molecule has 0 heterocycles. The zero-order valence-corrected chi connectivity index (χ0v) is 11.9. The molecule has 0 unspecified atom stereocenters. The molecule has 0 bridgehead atoms. The van der Waals surface area contributed by atoms with Gasteiger partial charge in [0, 0.05) is 16.5 Å². The van der Waals surface area contributed by atoms with Gasteiger partial charge < -0.3 is 0 Å². The molecule has 0 saturated carbocycles. The zero-order chi connectivity index (χ0) is 14.7. The Labute approximate surface area is 121 Å². The Morgan fingerprint density at radius 2 is 1.85 bits per heavy atom. The van der Waals surface area contributed by atoms with Gasteiger partial charge in [-0.1, -0.05) is 23.9 Å². The Hall–Kier alpha value is -2.14. The van der Waals surface area contributed by atoms with E-state index in [0.717, 1.165) is 10.5 Å². The molecule has 2 rings (SSSR count). The maximum absolute atomic E-state index is 11.1. The van der Waals surface area contributed by atoms with Crippen LogP contribution in [0, 0.1) is 24.0 Å². The van der Waals surface area contributed by atoms with E-state index in [1.807, 2.05) is 32.0 Å². The average Bonchev–Trinajstić information content (AvgIpc) is 2.43. The summed E-state index contributed by atoms with van der Waals surface area (Å²) in [7, 11) is 0. The lowest BCUT2D eigenvalue weighted by atomic mass is 10.1. The van der Waals surface area contributed by atoms with E-state index in [2.05, 4.69) is 0 Å². The minimum Gasteiger partial charge on any atom is -0.298 e. The van der Waals surface area contributed by atoms with Crippen LogP contribution in [0.25, 0.3) is 0 Å². The molecule has 4 nitrogen and oxygen atoms in total. The number of carbonyl (C=O) groups is 1. The van der Waals surface area contributed by atoms with Crippen LogP contribution >= 0.6 is 11.8 Å². The van der Waals surface area contributed by atoms with Crippen LogP contribution in [0.5, 0.6) is 0 Å². The van der Waals surface area contributed by atoms with Crippen LogP contribution in [0.15, 0.2) is 46.2 Å². The molecule has 0 spiro atoms. The molecule has 0 N–H and O–H groups in total. The van der Waals surface area contributed by atoms with Crippen molar-refractivity contribution in [2.75, 3.05) is 0 Å². The maximum Gasteiger partial charge on any atom is 0.283 e. The smallest absolute Gasteiger partial charge is 0.283 e. The van der Waals surface area contributed by atoms with Crippen LogP contribution in [-0.2, 0) is 0 Å². The second-order valence-electron chi connectivity index (χ2n) is 4.45. The lowest BCUT2D eigenvalue weighted by Crippen LogP contribution is -1.93. The molecule has 2 aromatic rings. The molecular weight excluding hydrogens is 274 g/mol. The minimum absolute atomic E-state index is 0.0437. The van der Waals surface area contributed by atoms with Gasteiger partial charge >= 0.3 is 0 Å². The van der Waals surface area contributed by atoms with Crippen molar-refractivity contribution in [3.05, 3.63) is 63.2 Å². The quantitative estimate of drug-likeness (QED) is 0.481. The van der Waals surface area contributed by atoms with Crippen molar-refractivity contribution >= 4 is 23.7 Å². The third kappa shape index (κ3) is 3.05. The van der Waals surface area contributed by atoms with Gasteiger partial charge in [-0.25, -0.2) is 0 Å². The second-order valence-corrected chi connectivity index (χ2v) is 5.57. The average molecular weight is 287 g/mol. The predicted octanol–water partition coefficient (Wildman–Crippen LogP) is 4.18. The summed E-state index contributed by atoms with van der Waals surface area (Å²) in [6.45, 7) is 4.02. The van der Waals surface area contributed by atoms with Gasteiger partial charge in [-0.05, 0) is 43.2 Å². The van der Waals surface area contributed by atoms with Crippen molar-refractivity contribution in [1.82, 2.24) is 0 Å². The van der Waals surface area contributed by atoms with Gasteiger partial charge in [-0.15, -0.1) is 0 Å². The monoisotopic (exact) mass is 287 g/mol. The number of rotatable bonds is 4. The summed E-state index contributed by atoms with van der Waals surface area (Å²) in [5.41, 5.74) is 2.58. The molecule has 0 aliphatic heterocycles. The number of nitrogens with zero attached hydrogens (tertiary/aromatic N) is 1. The van der Waals surface area contributed by atoms with E-state index in [-0.39, 0.29) is 5.69 Å².